The smallest absolute Gasteiger partial charge is 0.224 e. The van der Waals surface area contributed by atoms with Crippen molar-refractivity contribution in [2.75, 3.05) is 5.32 Å². The van der Waals surface area contributed by atoms with Gasteiger partial charge in [-0.1, -0.05) is 6.07 Å². The molecule has 0 aliphatic carbocycles. The molecule has 0 fully saturated rings. The van der Waals surface area contributed by atoms with Crippen LogP contribution in [0.1, 0.15) is 5.56 Å². The highest BCUT2D eigenvalue weighted by molar-refractivity contribution is 6.28. The van der Waals surface area contributed by atoms with Gasteiger partial charge in [0.2, 0.25) is 5.28 Å². The molecule has 0 spiro atoms. The Morgan fingerprint density at radius 1 is 1.25 bits per heavy atom. The lowest BCUT2D eigenvalue weighted by Crippen LogP contribution is -2.00. The third kappa shape index (κ3) is 2.43. The predicted octanol–water partition coefficient (Wildman–Crippen LogP) is 2.72. The lowest BCUT2D eigenvalue weighted by atomic mass is 10.3. The molecule has 6 heteroatoms. The summed E-state index contributed by atoms with van der Waals surface area (Å²) < 4.78 is 13.3. The summed E-state index contributed by atoms with van der Waals surface area (Å²) in [6, 6.07) is 3.58. The average molecular weight is 239 g/mol. The zero-order valence-corrected chi connectivity index (χ0v) is 9.16. The van der Waals surface area contributed by atoms with Gasteiger partial charge in [0.05, 0.1) is 6.20 Å². The van der Waals surface area contributed by atoms with Crippen LogP contribution >= 0.6 is 11.6 Å². The summed E-state index contributed by atoms with van der Waals surface area (Å²) in [5.74, 6) is -0.0672. The van der Waals surface area contributed by atoms with Crippen molar-refractivity contribution in [3.05, 3.63) is 41.2 Å². The molecule has 0 saturated carbocycles. The Morgan fingerprint density at radius 3 is 2.75 bits per heavy atom. The van der Waals surface area contributed by atoms with Crippen LogP contribution in [0.4, 0.5) is 16.0 Å². The van der Waals surface area contributed by atoms with Crippen LogP contribution in [0.25, 0.3) is 0 Å². The van der Waals surface area contributed by atoms with E-state index in [1.807, 2.05) is 13.0 Å². The highest BCUT2D eigenvalue weighted by atomic mass is 35.5. The molecule has 82 valence electrons. The standard InChI is InChI=1S/C10H8ClFN4/c1-6-2-3-8(13-4-6)15-9-7(12)5-14-10(11)16-9/h2-5H,1H3,(H,13,14,15,16). The minimum atomic E-state index is -0.577. The van der Waals surface area contributed by atoms with Crippen molar-refractivity contribution in [2.45, 2.75) is 6.92 Å². The van der Waals surface area contributed by atoms with E-state index in [9.17, 15) is 4.39 Å². The zero-order chi connectivity index (χ0) is 11.5. The SMILES string of the molecule is Cc1ccc(Nc2nc(Cl)ncc2F)nc1. The van der Waals surface area contributed by atoms with E-state index < -0.39 is 5.82 Å². The first-order valence-electron chi connectivity index (χ1n) is 4.53. The number of hydrogen-bond acceptors (Lipinski definition) is 4. The highest BCUT2D eigenvalue weighted by Crippen LogP contribution is 2.16. The molecule has 4 nitrogen and oxygen atoms in total. The number of halogens is 2. The summed E-state index contributed by atoms with van der Waals surface area (Å²) in [6.07, 6.45) is 2.68. The fourth-order valence-corrected chi connectivity index (χ4v) is 1.23. The summed E-state index contributed by atoms with van der Waals surface area (Å²) in [4.78, 5) is 11.3. The third-order valence-electron chi connectivity index (χ3n) is 1.87. The second kappa shape index (κ2) is 4.40. The maximum atomic E-state index is 13.3. The predicted molar refractivity (Wildman–Crippen MR) is 59.3 cm³/mol. The maximum absolute atomic E-state index is 13.3. The molecular weight excluding hydrogens is 231 g/mol. The zero-order valence-electron chi connectivity index (χ0n) is 8.41. The number of pyridine rings is 1. The molecule has 0 bridgehead atoms. The Bertz CT molecular complexity index is 501. The van der Waals surface area contributed by atoms with Crippen LogP contribution in [-0.4, -0.2) is 15.0 Å². The molecular formula is C10H8ClFN4. The maximum Gasteiger partial charge on any atom is 0.224 e. The molecule has 0 radical (unpaired) electrons. The van der Waals surface area contributed by atoms with Crippen LogP contribution in [0, 0.1) is 12.7 Å². The van der Waals surface area contributed by atoms with Crippen LogP contribution in [0.2, 0.25) is 5.28 Å². The molecule has 1 N–H and O–H groups in total. The van der Waals surface area contributed by atoms with Gasteiger partial charge < -0.3 is 5.32 Å². The van der Waals surface area contributed by atoms with Crippen LogP contribution in [-0.2, 0) is 0 Å². The van der Waals surface area contributed by atoms with E-state index in [2.05, 4.69) is 20.3 Å². The number of nitrogens with zero attached hydrogens (tertiary/aromatic N) is 3. The molecule has 0 atom stereocenters. The largest absolute Gasteiger partial charge is 0.322 e. The van der Waals surface area contributed by atoms with E-state index in [4.69, 9.17) is 11.6 Å². The topological polar surface area (TPSA) is 50.7 Å². The van der Waals surface area contributed by atoms with Crippen molar-refractivity contribution in [2.24, 2.45) is 0 Å². The molecule has 0 amide bonds. The van der Waals surface area contributed by atoms with Crippen molar-refractivity contribution < 1.29 is 4.39 Å². The van der Waals surface area contributed by atoms with E-state index in [-0.39, 0.29) is 11.1 Å². The van der Waals surface area contributed by atoms with Gasteiger partial charge in [-0.25, -0.2) is 14.4 Å². The molecule has 0 aliphatic heterocycles. The second-order valence-corrected chi connectivity index (χ2v) is 3.52. The van der Waals surface area contributed by atoms with Gasteiger partial charge in [0.25, 0.3) is 0 Å². The van der Waals surface area contributed by atoms with E-state index in [1.165, 1.54) is 0 Å². The number of aryl methyl sites for hydroxylation is 1. The minimum Gasteiger partial charge on any atom is -0.322 e. The molecule has 0 saturated heterocycles. The van der Waals surface area contributed by atoms with E-state index in [0.29, 0.717) is 5.82 Å². The summed E-state index contributed by atoms with van der Waals surface area (Å²) >= 11 is 5.56. The number of nitrogens with one attached hydrogen (secondary N) is 1. The molecule has 16 heavy (non-hydrogen) atoms. The average Bonchev–Trinajstić information content (AvgIpc) is 2.27. The Labute approximate surface area is 96.5 Å². The van der Waals surface area contributed by atoms with E-state index in [0.717, 1.165) is 11.8 Å². The molecule has 2 aromatic heterocycles. The van der Waals surface area contributed by atoms with Gasteiger partial charge in [-0.3, -0.25) is 0 Å². The Hall–Kier alpha value is -1.75. The van der Waals surface area contributed by atoms with Gasteiger partial charge in [0.15, 0.2) is 11.6 Å². The van der Waals surface area contributed by atoms with Gasteiger partial charge in [0.1, 0.15) is 5.82 Å². The van der Waals surface area contributed by atoms with Gasteiger partial charge in [-0.05, 0) is 30.2 Å². The number of rotatable bonds is 2. The molecule has 0 unspecified atom stereocenters. The Morgan fingerprint density at radius 2 is 2.06 bits per heavy atom. The first kappa shape index (κ1) is 10.8. The monoisotopic (exact) mass is 238 g/mol. The fourth-order valence-electron chi connectivity index (χ4n) is 1.10. The lowest BCUT2D eigenvalue weighted by molar-refractivity contribution is 0.618. The second-order valence-electron chi connectivity index (χ2n) is 3.18. The Balaban J connectivity index is 2.26. The van der Waals surface area contributed by atoms with Crippen LogP contribution in [0.15, 0.2) is 24.5 Å². The molecule has 2 aromatic rings. The quantitative estimate of drug-likeness (QED) is 0.818. The van der Waals surface area contributed by atoms with Crippen molar-refractivity contribution in [1.82, 2.24) is 15.0 Å². The van der Waals surface area contributed by atoms with Gasteiger partial charge in [-0.15, -0.1) is 0 Å². The molecule has 2 heterocycles. The number of aromatic nitrogens is 3. The van der Waals surface area contributed by atoms with Crippen LogP contribution < -0.4 is 5.32 Å². The Kier molecular flexibility index (Phi) is 2.96. The molecule has 0 aromatic carbocycles. The summed E-state index contributed by atoms with van der Waals surface area (Å²) in [6.45, 7) is 1.92. The van der Waals surface area contributed by atoms with Crippen molar-refractivity contribution >= 4 is 23.2 Å². The number of hydrogen-bond donors (Lipinski definition) is 1. The van der Waals surface area contributed by atoms with Crippen molar-refractivity contribution in [3.8, 4) is 0 Å². The van der Waals surface area contributed by atoms with E-state index in [1.54, 1.807) is 12.3 Å². The van der Waals surface area contributed by atoms with Crippen molar-refractivity contribution in [1.29, 1.82) is 0 Å². The highest BCUT2D eigenvalue weighted by Gasteiger charge is 2.06. The first-order valence-corrected chi connectivity index (χ1v) is 4.90. The normalized spacial score (nSPS) is 10.2. The summed E-state index contributed by atoms with van der Waals surface area (Å²) in [7, 11) is 0. The van der Waals surface area contributed by atoms with Crippen LogP contribution in [0.5, 0.6) is 0 Å². The summed E-state index contributed by atoms with van der Waals surface area (Å²) in [5.41, 5.74) is 1.02. The van der Waals surface area contributed by atoms with E-state index >= 15 is 0 Å². The fraction of sp³-hybridized carbons (Fsp3) is 0.100. The lowest BCUT2D eigenvalue weighted by Gasteiger charge is -2.05. The number of anilines is 2. The van der Waals surface area contributed by atoms with Gasteiger partial charge in [-0.2, -0.15) is 4.98 Å². The minimum absolute atomic E-state index is 0.0105. The molecule has 2 rings (SSSR count). The van der Waals surface area contributed by atoms with Gasteiger partial charge >= 0.3 is 0 Å². The first-order chi connectivity index (χ1) is 7.65. The summed E-state index contributed by atoms with van der Waals surface area (Å²) in [5, 5.41) is 2.70. The third-order valence-corrected chi connectivity index (χ3v) is 2.05. The molecule has 0 aliphatic rings. The van der Waals surface area contributed by atoms with Crippen molar-refractivity contribution in [3.63, 3.8) is 0 Å². The van der Waals surface area contributed by atoms with Crippen LogP contribution in [0.3, 0.4) is 0 Å². The van der Waals surface area contributed by atoms with Gasteiger partial charge in [0, 0.05) is 6.20 Å².